The smallest absolute Gasteiger partial charge is 0.267 e. The van der Waals surface area contributed by atoms with Crippen LogP contribution in [0.1, 0.15) is 33.1 Å². The van der Waals surface area contributed by atoms with Crippen molar-refractivity contribution in [3.63, 3.8) is 0 Å². The highest BCUT2D eigenvalue weighted by atomic mass is 32.2. The fourth-order valence-electron chi connectivity index (χ4n) is 4.14. The molecular weight excluding hydrogens is 388 g/mol. The summed E-state index contributed by atoms with van der Waals surface area (Å²) in [7, 11) is 1.67. The van der Waals surface area contributed by atoms with Crippen LogP contribution in [0.3, 0.4) is 0 Å². The van der Waals surface area contributed by atoms with E-state index in [4.69, 9.17) is 4.74 Å². The van der Waals surface area contributed by atoms with E-state index in [9.17, 15) is 30.3 Å². The van der Waals surface area contributed by atoms with Crippen molar-refractivity contribution in [3.8, 4) is 0 Å². The molecule has 2 rings (SSSR count). The topological polar surface area (TPSA) is 143 Å². The molecule has 0 aromatic heterocycles. The molecule has 0 bridgehead atoms. The molecule has 2 fully saturated rings. The lowest BCUT2D eigenvalue weighted by atomic mass is 9.91. The number of hydrogen-bond donors (Lipinski definition) is 6. The summed E-state index contributed by atoms with van der Waals surface area (Å²) < 4.78 is 5.67. The summed E-state index contributed by atoms with van der Waals surface area (Å²) in [6.45, 7) is 4.05. The van der Waals surface area contributed by atoms with Crippen molar-refractivity contribution < 1.29 is 35.1 Å². The first-order valence-electron chi connectivity index (χ1n) is 9.71. The maximum absolute atomic E-state index is 12.9. The number of rotatable bonds is 7. The Labute approximate surface area is 170 Å². The first-order chi connectivity index (χ1) is 13.1. The second kappa shape index (κ2) is 9.57. The Morgan fingerprint density at radius 1 is 1.32 bits per heavy atom. The average molecular weight is 423 g/mol. The Morgan fingerprint density at radius 3 is 2.50 bits per heavy atom. The molecule has 10 heteroatoms. The minimum absolute atomic E-state index is 0.185. The van der Waals surface area contributed by atoms with Gasteiger partial charge in [-0.25, -0.2) is 0 Å². The van der Waals surface area contributed by atoms with Crippen LogP contribution >= 0.6 is 11.8 Å². The van der Waals surface area contributed by atoms with Gasteiger partial charge in [0.1, 0.15) is 29.9 Å². The normalized spacial score (nSPS) is 41.6. The molecule has 0 spiro atoms. The Balaban J connectivity index is 2.17. The predicted octanol–water partition coefficient (Wildman–Crippen LogP) is -1.54. The van der Waals surface area contributed by atoms with Gasteiger partial charge in [0.05, 0.1) is 12.1 Å². The first-order valence-corrected chi connectivity index (χ1v) is 11.0. The Bertz CT molecular complexity index is 538. The first kappa shape index (κ1) is 23.8. The van der Waals surface area contributed by atoms with Crippen molar-refractivity contribution in [2.45, 2.75) is 80.8 Å². The van der Waals surface area contributed by atoms with Crippen molar-refractivity contribution in [2.24, 2.45) is 5.92 Å². The molecule has 164 valence electrons. The van der Waals surface area contributed by atoms with Crippen LogP contribution in [0.5, 0.6) is 0 Å². The zero-order valence-electron chi connectivity index (χ0n) is 16.9. The number of hydrogen-bond acceptors (Lipinski definition) is 9. The van der Waals surface area contributed by atoms with Gasteiger partial charge in [-0.15, -0.1) is 11.8 Å². The summed E-state index contributed by atoms with van der Waals surface area (Å²) in [5, 5.41) is 54.3. The van der Waals surface area contributed by atoms with Crippen LogP contribution < -0.4 is 5.32 Å². The van der Waals surface area contributed by atoms with Gasteiger partial charge >= 0.3 is 0 Å². The van der Waals surface area contributed by atoms with Gasteiger partial charge in [-0.05, 0) is 32.6 Å². The van der Waals surface area contributed by atoms with E-state index in [1.54, 1.807) is 18.2 Å². The molecule has 0 aromatic carbocycles. The lowest BCUT2D eigenvalue weighted by Gasteiger charge is -2.44. The van der Waals surface area contributed by atoms with Crippen molar-refractivity contribution in [2.75, 3.05) is 19.8 Å². The summed E-state index contributed by atoms with van der Waals surface area (Å²) >= 11 is 1.15. The predicted molar refractivity (Wildman–Crippen MR) is 104 cm³/mol. The number of thioether (sulfide) groups is 1. The van der Waals surface area contributed by atoms with E-state index in [0.717, 1.165) is 24.6 Å². The SMILES string of the molecule is CCC[C@H]1CN(C)C(O)(C(=O)N[C@@H]([C@H]2O[C@H](SC)[C@H](O)[C@@H](O)[C@H]2O)[C@@H](C)O)C1. The minimum atomic E-state index is -1.72. The number of aliphatic hydroxyl groups excluding tert-OH is 4. The Kier molecular flexibility index (Phi) is 8.14. The van der Waals surface area contributed by atoms with Crippen molar-refractivity contribution >= 4 is 17.7 Å². The summed E-state index contributed by atoms with van der Waals surface area (Å²) in [6.07, 6.45) is -2.78. The molecule has 0 aromatic rings. The molecule has 9 nitrogen and oxygen atoms in total. The Morgan fingerprint density at radius 2 is 1.96 bits per heavy atom. The van der Waals surface area contributed by atoms with Gasteiger partial charge in [-0.1, -0.05) is 13.3 Å². The van der Waals surface area contributed by atoms with Gasteiger partial charge in [0.2, 0.25) is 0 Å². The zero-order valence-corrected chi connectivity index (χ0v) is 17.7. The Hall–Kier alpha value is -0.460. The maximum atomic E-state index is 12.9. The zero-order chi connectivity index (χ0) is 21.2. The molecule has 1 unspecified atom stereocenters. The van der Waals surface area contributed by atoms with Crippen LogP contribution in [-0.2, 0) is 9.53 Å². The number of ether oxygens (including phenoxy) is 1. The molecule has 0 radical (unpaired) electrons. The van der Waals surface area contributed by atoms with Gasteiger partial charge in [0, 0.05) is 13.0 Å². The quantitative estimate of drug-likeness (QED) is 0.288. The van der Waals surface area contributed by atoms with Gasteiger partial charge < -0.3 is 35.6 Å². The summed E-state index contributed by atoms with van der Waals surface area (Å²) in [6, 6.07) is -1.08. The number of carbonyl (C=O) groups is 1. The minimum Gasteiger partial charge on any atom is -0.391 e. The monoisotopic (exact) mass is 422 g/mol. The van der Waals surface area contributed by atoms with Crippen LogP contribution in [0.4, 0.5) is 0 Å². The largest absolute Gasteiger partial charge is 0.391 e. The number of aliphatic hydroxyl groups is 5. The molecular formula is C18H34N2O7S. The molecule has 1 amide bonds. The van der Waals surface area contributed by atoms with Crippen LogP contribution in [0.25, 0.3) is 0 Å². The number of amides is 1. The fourth-order valence-corrected chi connectivity index (χ4v) is 4.82. The number of carbonyl (C=O) groups excluding carboxylic acids is 1. The van der Waals surface area contributed by atoms with Crippen LogP contribution in [0, 0.1) is 5.92 Å². The van der Waals surface area contributed by atoms with Crippen molar-refractivity contribution in [3.05, 3.63) is 0 Å². The third-order valence-corrected chi connectivity index (χ3v) is 6.66. The average Bonchev–Trinajstić information content (AvgIpc) is 2.93. The molecule has 2 heterocycles. The molecule has 9 atom stereocenters. The van der Waals surface area contributed by atoms with E-state index in [0.29, 0.717) is 6.54 Å². The van der Waals surface area contributed by atoms with Crippen LogP contribution in [-0.4, -0.2) is 104 Å². The van der Waals surface area contributed by atoms with Gasteiger partial charge in [0.15, 0.2) is 5.72 Å². The second-order valence-electron chi connectivity index (χ2n) is 7.97. The van der Waals surface area contributed by atoms with Gasteiger partial charge in [-0.2, -0.15) is 0 Å². The lowest BCUT2D eigenvalue weighted by molar-refractivity contribution is -0.212. The second-order valence-corrected chi connectivity index (χ2v) is 8.91. The number of nitrogens with zero attached hydrogens (tertiary/aromatic N) is 1. The third-order valence-electron chi connectivity index (χ3n) is 5.81. The van der Waals surface area contributed by atoms with E-state index >= 15 is 0 Å². The number of likely N-dealkylation sites (N-methyl/N-ethyl adjacent to an activating group) is 1. The maximum Gasteiger partial charge on any atom is 0.267 e. The van der Waals surface area contributed by atoms with E-state index in [1.807, 2.05) is 6.92 Å². The molecule has 0 saturated carbocycles. The molecule has 6 N–H and O–H groups in total. The summed E-state index contributed by atoms with van der Waals surface area (Å²) in [5.41, 5.74) is -2.54. The molecule has 2 aliphatic heterocycles. The standard InChI is InChI=1S/C18H34N2O7S/c1-5-6-10-7-18(26,20(3)8-10)17(25)19-11(9(2)21)15-13(23)12(22)14(24)16(27-15)28-4/h9-16,21-24,26H,5-8H2,1-4H3,(H,19,25)/t9-,10-,11-,12+,13-,14-,15-,16-,18?/m1/s1. The van der Waals surface area contributed by atoms with E-state index in [2.05, 4.69) is 5.32 Å². The highest BCUT2D eigenvalue weighted by molar-refractivity contribution is 7.99. The third kappa shape index (κ3) is 4.65. The van der Waals surface area contributed by atoms with Crippen LogP contribution in [0.2, 0.25) is 0 Å². The summed E-state index contributed by atoms with van der Waals surface area (Å²) in [5.74, 6) is -0.498. The van der Waals surface area contributed by atoms with Gasteiger partial charge in [0.25, 0.3) is 5.91 Å². The molecule has 2 saturated heterocycles. The van der Waals surface area contributed by atoms with Gasteiger partial charge in [-0.3, -0.25) is 9.69 Å². The highest BCUT2D eigenvalue weighted by Crippen LogP contribution is 2.34. The number of nitrogens with one attached hydrogen (secondary N) is 1. The van der Waals surface area contributed by atoms with Crippen molar-refractivity contribution in [1.82, 2.24) is 10.2 Å². The lowest BCUT2D eigenvalue weighted by Crippen LogP contribution is -2.67. The van der Waals surface area contributed by atoms with Crippen molar-refractivity contribution in [1.29, 1.82) is 0 Å². The highest BCUT2D eigenvalue weighted by Gasteiger charge is 2.52. The summed E-state index contributed by atoms with van der Waals surface area (Å²) in [4.78, 5) is 14.5. The molecule has 0 aliphatic carbocycles. The fraction of sp³-hybridized carbons (Fsp3) is 0.944. The number of likely N-dealkylation sites (tertiary alicyclic amines) is 1. The molecule has 28 heavy (non-hydrogen) atoms. The van der Waals surface area contributed by atoms with E-state index < -0.39 is 53.6 Å². The molecule has 2 aliphatic rings. The van der Waals surface area contributed by atoms with E-state index in [1.165, 1.54) is 6.92 Å². The van der Waals surface area contributed by atoms with Crippen LogP contribution in [0.15, 0.2) is 0 Å². The van der Waals surface area contributed by atoms with E-state index in [-0.39, 0.29) is 12.3 Å².